The van der Waals surface area contributed by atoms with Gasteiger partial charge in [0.25, 0.3) is 0 Å². The molecule has 3 rings (SSSR count). The van der Waals surface area contributed by atoms with Gasteiger partial charge in [0.1, 0.15) is 6.04 Å². The summed E-state index contributed by atoms with van der Waals surface area (Å²) in [5.41, 5.74) is 4.23. The molecule has 0 spiro atoms. The van der Waals surface area contributed by atoms with Gasteiger partial charge in [-0.1, -0.05) is 24.6 Å². The number of carboxylic acid groups (broad SMARTS) is 1. The van der Waals surface area contributed by atoms with Crippen molar-refractivity contribution in [2.24, 2.45) is 0 Å². The van der Waals surface area contributed by atoms with Crippen LogP contribution in [0.15, 0.2) is 18.2 Å². The number of nitrogens with zero attached hydrogens (tertiary/aromatic N) is 1. The third-order valence-electron chi connectivity index (χ3n) is 4.45. The van der Waals surface area contributed by atoms with E-state index in [9.17, 15) is 9.90 Å². The Balaban J connectivity index is 1.74. The molecule has 1 aromatic carbocycles. The lowest BCUT2D eigenvalue weighted by atomic mass is 10.00. The monoisotopic (exact) mass is 259 g/mol. The van der Waals surface area contributed by atoms with Gasteiger partial charge in [0.15, 0.2) is 0 Å². The first-order valence-corrected chi connectivity index (χ1v) is 7.31. The van der Waals surface area contributed by atoms with Crippen LogP contribution < -0.4 is 0 Å². The molecule has 0 saturated carbocycles. The second kappa shape index (κ2) is 5.33. The van der Waals surface area contributed by atoms with Crippen LogP contribution in [0.2, 0.25) is 0 Å². The van der Waals surface area contributed by atoms with Crippen molar-refractivity contribution < 1.29 is 9.90 Å². The van der Waals surface area contributed by atoms with Crippen LogP contribution in [0, 0.1) is 0 Å². The van der Waals surface area contributed by atoms with Crippen LogP contribution in [0.1, 0.15) is 42.4 Å². The van der Waals surface area contributed by atoms with E-state index in [1.165, 1.54) is 36.0 Å². The van der Waals surface area contributed by atoms with Crippen LogP contribution in [0.4, 0.5) is 0 Å². The number of benzene rings is 1. The average molecular weight is 259 g/mol. The van der Waals surface area contributed by atoms with Crippen molar-refractivity contribution in [3.05, 3.63) is 34.9 Å². The van der Waals surface area contributed by atoms with E-state index in [-0.39, 0.29) is 6.04 Å². The summed E-state index contributed by atoms with van der Waals surface area (Å²) >= 11 is 0. The van der Waals surface area contributed by atoms with E-state index in [0.29, 0.717) is 0 Å². The number of carbonyl (C=O) groups is 1. The van der Waals surface area contributed by atoms with Crippen molar-refractivity contribution in [2.45, 2.75) is 51.1 Å². The van der Waals surface area contributed by atoms with Gasteiger partial charge in [-0.3, -0.25) is 9.69 Å². The molecule has 1 heterocycles. The Labute approximate surface area is 114 Å². The fourth-order valence-electron chi connectivity index (χ4n) is 3.42. The number of hydrogen-bond donors (Lipinski definition) is 1. The fourth-order valence-corrected chi connectivity index (χ4v) is 3.42. The van der Waals surface area contributed by atoms with E-state index in [0.717, 1.165) is 32.4 Å². The van der Waals surface area contributed by atoms with Crippen LogP contribution in [-0.4, -0.2) is 28.6 Å². The van der Waals surface area contributed by atoms with Crippen molar-refractivity contribution in [1.29, 1.82) is 0 Å². The highest BCUT2D eigenvalue weighted by Gasteiger charge is 2.28. The summed E-state index contributed by atoms with van der Waals surface area (Å²) in [6, 6.07) is 6.41. The third kappa shape index (κ3) is 2.66. The molecule has 1 aliphatic heterocycles. The summed E-state index contributed by atoms with van der Waals surface area (Å²) < 4.78 is 0. The summed E-state index contributed by atoms with van der Waals surface area (Å²) in [5, 5.41) is 9.30. The minimum Gasteiger partial charge on any atom is -0.480 e. The molecule has 3 nitrogen and oxygen atoms in total. The van der Waals surface area contributed by atoms with Gasteiger partial charge < -0.3 is 5.11 Å². The average Bonchev–Trinajstić information content (AvgIpc) is 2.86. The Hall–Kier alpha value is -1.35. The van der Waals surface area contributed by atoms with Crippen molar-refractivity contribution in [3.8, 4) is 0 Å². The van der Waals surface area contributed by atoms with E-state index >= 15 is 0 Å². The van der Waals surface area contributed by atoms with Crippen LogP contribution in [-0.2, 0) is 24.2 Å². The first-order valence-electron chi connectivity index (χ1n) is 7.31. The summed E-state index contributed by atoms with van der Waals surface area (Å²) in [6.45, 7) is 1.69. The predicted octanol–water partition coefficient (Wildman–Crippen LogP) is 2.61. The molecule has 0 bridgehead atoms. The summed E-state index contributed by atoms with van der Waals surface area (Å²) in [4.78, 5) is 13.4. The number of likely N-dealkylation sites (tertiary alicyclic amines) is 1. The zero-order valence-electron chi connectivity index (χ0n) is 11.3. The number of hydrogen-bond acceptors (Lipinski definition) is 2. The zero-order valence-corrected chi connectivity index (χ0v) is 11.3. The Morgan fingerprint density at radius 1 is 1.21 bits per heavy atom. The molecule has 1 saturated heterocycles. The smallest absolute Gasteiger partial charge is 0.320 e. The summed E-state index contributed by atoms with van der Waals surface area (Å²) in [6.07, 6.45) is 6.61. The van der Waals surface area contributed by atoms with E-state index in [2.05, 4.69) is 23.1 Å². The van der Waals surface area contributed by atoms with Crippen molar-refractivity contribution >= 4 is 5.97 Å². The van der Waals surface area contributed by atoms with Gasteiger partial charge in [-0.05, 0) is 55.3 Å². The highest BCUT2D eigenvalue weighted by atomic mass is 16.4. The number of rotatable bonds is 3. The van der Waals surface area contributed by atoms with Crippen LogP contribution >= 0.6 is 0 Å². The number of carboxylic acids is 1. The molecule has 1 N–H and O–H groups in total. The summed E-state index contributed by atoms with van der Waals surface area (Å²) in [5.74, 6) is -0.666. The highest BCUT2D eigenvalue weighted by Crippen LogP contribution is 2.25. The van der Waals surface area contributed by atoms with Crippen LogP contribution in [0.3, 0.4) is 0 Å². The maximum Gasteiger partial charge on any atom is 0.320 e. The first kappa shape index (κ1) is 12.7. The van der Waals surface area contributed by atoms with Crippen LogP contribution in [0.25, 0.3) is 0 Å². The second-order valence-electron chi connectivity index (χ2n) is 5.78. The molecule has 1 unspecified atom stereocenters. The number of piperidine rings is 1. The molecular weight excluding hydrogens is 238 g/mol. The molecule has 1 atom stereocenters. The van der Waals surface area contributed by atoms with E-state index < -0.39 is 5.97 Å². The molecule has 1 aromatic rings. The molecule has 19 heavy (non-hydrogen) atoms. The Morgan fingerprint density at radius 3 is 2.89 bits per heavy atom. The van der Waals surface area contributed by atoms with E-state index in [4.69, 9.17) is 0 Å². The quantitative estimate of drug-likeness (QED) is 0.907. The van der Waals surface area contributed by atoms with Crippen LogP contribution in [0.5, 0.6) is 0 Å². The van der Waals surface area contributed by atoms with Gasteiger partial charge in [-0.15, -0.1) is 0 Å². The predicted molar refractivity (Wildman–Crippen MR) is 74.2 cm³/mol. The van der Waals surface area contributed by atoms with Gasteiger partial charge in [0, 0.05) is 6.54 Å². The molecule has 3 heteroatoms. The molecule has 0 radical (unpaired) electrons. The molecule has 1 fully saturated rings. The maximum absolute atomic E-state index is 11.3. The zero-order chi connectivity index (χ0) is 13.2. The Kier molecular flexibility index (Phi) is 3.56. The topological polar surface area (TPSA) is 40.5 Å². The Morgan fingerprint density at radius 2 is 2.05 bits per heavy atom. The SMILES string of the molecule is O=C(O)C1CCCCN1Cc1ccc2c(c1)CCC2. The largest absolute Gasteiger partial charge is 0.480 e. The van der Waals surface area contributed by atoms with Crippen molar-refractivity contribution in [1.82, 2.24) is 4.90 Å². The van der Waals surface area contributed by atoms with E-state index in [1.54, 1.807) is 0 Å². The Bertz CT molecular complexity index is 484. The van der Waals surface area contributed by atoms with Gasteiger partial charge in [-0.25, -0.2) is 0 Å². The third-order valence-corrected chi connectivity index (χ3v) is 4.45. The highest BCUT2D eigenvalue weighted by molar-refractivity contribution is 5.73. The number of aliphatic carboxylic acids is 1. The van der Waals surface area contributed by atoms with E-state index in [1.807, 2.05) is 0 Å². The number of aryl methyl sites for hydroxylation is 2. The lowest BCUT2D eigenvalue weighted by molar-refractivity contribution is -0.144. The molecule has 0 amide bonds. The van der Waals surface area contributed by atoms with Crippen molar-refractivity contribution in [3.63, 3.8) is 0 Å². The second-order valence-corrected chi connectivity index (χ2v) is 5.78. The molecule has 102 valence electrons. The van der Waals surface area contributed by atoms with Gasteiger partial charge in [0.2, 0.25) is 0 Å². The lowest BCUT2D eigenvalue weighted by Crippen LogP contribution is -2.44. The summed E-state index contributed by atoms with van der Waals surface area (Å²) in [7, 11) is 0. The standard InChI is InChI=1S/C16H21NO2/c18-16(19)15-6-1-2-9-17(15)11-12-7-8-13-4-3-5-14(13)10-12/h7-8,10,15H,1-6,9,11H2,(H,18,19). The fraction of sp³-hybridized carbons (Fsp3) is 0.562. The molecule has 0 aromatic heterocycles. The van der Waals surface area contributed by atoms with Crippen molar-refractivity contribution in [2.75, 3.05) is 6.54 Å². The lowest BCUT2D eigenvalue weighted by Gasteiger charge is -2.32. The molecular formula is C16H21NO2. The maximum atomic E-state index is 11.3. The molecule has 1 aliphatic carbocycles. The van der Waals surface area contributed by atoms with Gasteiger partial charge in [0.05, 0.1) is 0 Å². The van der Waals surface area contributed by atoms with Gasteiger partial charge in [-0.2, -0.15) is 0 Å². The minimum atomic E-state index is -0.666. The minimum absolute atomic E-state index is 0.290. The first-order chi connectivity index (χ1) is 9.24. The van der Waals surface area contributed by atoms with Gasteiger partial charge >= 0.3 is 5.97 Å². The molecule has 2 aliphatic rings. The number of fused-ring (bicyclic) bond motifs is 1. The normalized spacial score (nSPS) is 23.3.